The van der Waals surface area contributed by atoms with Gasteiger partial charge in [-0.2, -0.15) is 4.98 Å². The molecule has 0 spiro atoms. The van der Waals surface area contributed by atoms with Crippen LogP contribution in [0, 0.1) is 0 Å². The third kappa shape index (κ3) is 2.34. The molecule has 15 heavy (non-hydrogen) atoms. The van der Waals surface area contributed by atoms with Crippen LogP contribution in [0.25, 0.3) is 0 Å². The fraction of sp³-hybridized carbons (Fsp3) is 0. The van der Waals surface area contributed by atoms with Crippen LogP contribution in [0.2, 0.25) is 0 Å². The second kappa shape index (κ2) is 3.83. The Bertz CT molecular complexity index is 456. The van der Waals surface area contributed by atoms with E-state index in [9.17, 15) is 0 Å². The zero-order valence-corrected chi connectivity index (χ0v) is 7.79. The fourth-order valence-electron chi connectivity index (χ4n) is 1.02. The van der Waals surface area contributed by atoms with Gasteiger partial charge in [0, 0.05) is 6.20 Å². The Labute approximate surface area is 86.2 Å². The van der Waals surface area contributed by atoms with Crippen LogP contribution in [0.3, 0.4) is 0 Å². The number of aromatic hydroxyl groups is 1. The normalized spacial score (nSPS) is 9.87. The van der Waals surface area contributed by atoms with Gasteiger partial charge in [0.15, 0.2) is 0 Å². The Morgan fingerprint density at radius 3 is 2.53 bits per heavy atom. The number of nitrogen functional groups attached to an aromatic ring is 1. The third-order valence-corrected chi connectivity index (χ3v) is 1.70. The largest absolute Gasteiger partial charge is 0.508 e. The van der Waals surface area contributed by atoms with Gasteiger partial charge in [-0.15, -0.1) is 0 Å². The van der Waals surface area contributed by atoms with E-state index < -0.39 is 0 Å². The van der Waals surface area contributed by atoms with Crippen LogP contribution in [0.5, 0.6) is 17.5 Å². The molecule has 0 unspecified atom stereocenters. The SMILES string of the molecule is Nc1ccnc(Oc2ccc(O)cc2)n1. The molecule has 0 saturated heterocycles. The molecule has 1 aromatic heterocycles. The van der Waals surface area contributed by atoms with Gasteiger partial charge in [-0.3, -0.25) is 0 Å². The first kappa shape index (κ1) is 9.26. The molecular weight excluding hydrogens is 194 g/mol. The molecule has 0 atom stereocenters. The molecule has 5 nitrogen and oxygen atoms in total. The summed E-state index contributed by atoms with van der Waals surface area (Å²) in [5.74, 6) is 1.06. The fourth-order valence-corrected chi connectivity index (χ4v) is 1.02. The predicted molar refractivity (Wildman–Crippen MR) is 54.6 cm³/mol. The lowest BCUT2D eigenvalue weighted by Crippen LogP contribution is -1.95. The van der Waals surface area contributed by atoms with Crippen LogP contribution in [-0.4, -0.2) is 15.1 Å². The maximum absolute atomic E-state index is 9.06. The molecule has 1 heterocycles. The van der Waals surface area contributed by atoms with Crippen molar-refractivity contribution in [2.24, 2.45) is 0 Å². The molecule has 2 rings (SSSR count). The first-order valence-electron chi connectivity index (χ1n) is 4.29. The number of nitrogens with zero attached hydrogens (tertiary/aromatic N) is 2. The number of phenols is 1. The lowest BCUT2D eigenvalue weighted by Gasteiger charge is -2.03. The van der Waals surface area contributed by atoms with Gasteiger partial charge in [-0.25, -0.2) is 4.98 Å². The Morgan fingerprint density at radius 2 is 1.87 bits per heavy atom. The molecule has 3 N–H and O–H groups in total. The summed E-state index contributed by atoms with van der Waals surface area (Å²) in [4.78, 5) is 7.75. The summed E-state index contributed by atoms with van der Waals surface area (Å²) < 4.78 is 5.30. The van der Waals surface area contributed by atoms with Gasteiger partial charge >= 0.3 is 6.01 Å². The number of hydrogen-bond donors (Lipinski definition) is 2. The van der Waals surface area contributed by atoms with Crippen molar-refractivity contribution in [3.63, 3.8) is 0 Å². The molecular formula is C10H9N3O2. The number of hydrogen-bond acceptors (Lipinski definition) is 5. The van der Waals surface area contributed by atoms with Gasteiger partial charge in [0.25, 0.3) is 0 Å². The minimum atomic E-state index is 0.177. The van der Waals surface area contributed by atoms with E-state index in [4.69, 9.17) is 15.6 Å². The van der Waals surface area contributed by atoms with Gasteiger partial charge in [-0.05, 0) is 30.3 Å². The number of benzene rings is 1. The molecule has 0 aliphatic carbocycles. The summed E-state index contributed by atoms with van der Waals surface area (Å²) in [5, 5.41) is 9.06. The van der Waals surface area contributed by atoms with Gasteiger partial charge in [0.05, 0.1) is 0 Å². The summed E-state index contributed by atoms with van der Waals surface area (Å²) in [7, 11) is 0. The third-order valence-electron chi connectivity index (χ3n) is 1.70. The second-order valence-electron chi connectivity index (χ2n) is 2.86. The van der Waals surface area contributed by atoms with Gasteiger partial charge in [-0.1, -0.05) is 0 Å². The summed E-state index contributed by atoms with van der Waals surface area (Å²) in [6, 6.07) is 8.01. The molecule has 0 aliphatic heterocycles. The van der Waals surface area contributed by atoms with Crippen molar-refractivity contribution in [2.75, 3.05) is 5.73 Å². The molecule has 0 fully saturated rings. The lowest BCUT2D eigenvalue weighted by atomic mass is 10.3. The highest BCUT2D eigenvalue weighted by molar-refractivity contribution is 5.33. The van der Waals surface area contributed by atoms with Crippen molar-refractivity contribution in [1.82, 2.24) is 9.97 Å². The number of rotatable bonds is 2. The van der Waals surface area contributed by atoms with Crippen molar-refractivity contribution < 1.29 is 9.84 Å². The molecule has 1 aromatic carbocycles. The highest BCUT2D eigenvalue weighted by atomic mass is 16.5. The molecule has 0 aliphatic rings. The van der Waals surface area contributed by atoms with Crippen LogP contribution < -0.4 is 10.5 Å². The smallest absolute Gasteiger partial charge is 0.323 e. The maximum Gasteiger partial charge on any atom is 0.323 e. The molecule has 0 saturated carbocycles. The quantitative estimate of drug-likeness (QED) is 0.773. The highest BCUT2D eigenvalue weighted by Crippen LogP contribution is 2.20. The number of ether oxygens (including phenoxy) is 1. The van der Waals surface area contributed by atoms with E-state index in [-0.39, 0.29) is 11.8 Å². The zero-order valence-electron chi connectivity index (χ0n) is 7.79. The molecule has 0 amide bonds. The standard InChI is InChI=1S/C10H9N3O2/c11-9-5-6-12-10(13-9)15-8-3-1-7(14)2-4-8/h1-6,14H,(H2,11,12,13). The van der Waals surface area contributed by atoms with Crippen molar-refractivity contribution in [3.8, 4) is 17.5 Å². The van der Waals surface area contributed by atoms with E-state index in [2.05, 4.69) is 9.97 Å². The monoisotopic (exact) mass is 203 g/mol. The van der Waals surface area contributed by atoms with E-state index in [1.807, 2.05) is 0 Å². The van der Waals surface area contributed by atoms with Crippen molar-refractivity contribution in [2.45, 2.75) is 0 Å². The summed E-state index contributed by atoms with van der Waals surface area (Å²) in [5.41, 5.74) is 5.47. The zero-order chi connectivity index (χ0) is 10.7. The van der Waals surface area contributed by atoms with E-state index in [1.165, 1.54) is 18.3 Å². The van der Waals surface area contributed by atoms with Crippen LogP contribution in [-0.2, 0) is 0 Å². The number of aromatic nitrogens is 2. The topological polar surface area (TPSA) is 81.3 Å². The predicted octanol–water partition coefficient (Wildman–Crippen LogP) is 1.56. The van der Waals surface area contributed by atoms with Crippen molar-refractivity contribution in [1.29, 1.82) is 0 Å². The molecule has 0 radical (unpaired) electrons. The highest BCUT2D eigenvalue weighted by Gasteiger charge is 2.00. The van der Waals surface area contributed by atoms with Crippen molar-refractivity contribution >= 4 is 5.82 Å². The minimum Gasteiger partial charge on any atom is -0.508 e. The van der Waals surface area contributed by atoms with Crippen molar-refractivity contribution in [3.05, 3.63) is 36.5 Å². The van der Waals surface area contributed by atoms with Gasteiger partial charge in [0.1, 0.15) is 17.3 Å². The van der Waals surface area contributed by atoms with Crippen LogP contribution in [0.1, 0.15) is 0 Å². The van der Waals surface area contributed by atoms with E-state index in [0.717, 1.165) is 0 Å². The Hall–Kier alpha value is -2.30. The summed E-state index contributed by atoms with van der Waals surface area (Å²) >= 11 is 0. The van der Waals surface area contributed by atoms with Crippen LogP contribution in [0.4, 0.5) is 5.82 Å². The maximum atomic E-state index is 9.06. The number of anilines is 1. The first-order valence-corrected chi connectivity index (χ1v) is 4.29. The summed E-state index contributed by atoms with van der Waals surface area (Å²) in [6.07, 6.45) is 1.51. The minimum absolute atomic E-state index is 0.177. The second-order valence-corrected chi connectivity index (χ2v) is 2.86. The van der Waals surface area contributed by atoms with Gasteiger partial charge in [0.2, 0.25) is 0 Å². The van der Waals surface area contributed by atoms with E-state index in [1.54, 1.807) is 18.2 Å². The number of phenolic OH excluding ortho intramolecular Hbond substituents is 1. The average Bonchev–Trinajstić information content (AvgIpc) is 2.22. The Kier molecular flexibility index (Phi) is 2.37. The average molecular weight is 203 g/mol. The van der Waals surface area contributed by atoms with Gasteiger partial charge < -0.3 is 15.6 Å². The summed E-state index contributed by atoms with van der Waals surface area (Å²) in [6.45, 7) is 0. The first-order chi connectivity index (χ1) is 7.24. The van der Waals surface area contributed by atoms with Crippen LogP contribution in [0.15, 0.2) is 36.5 Å². The molecule has 0 bridgehead atoms. The molecule has 5 heteroatoms. The van der Waals surface area contributed by atoms with Crippen LogP contribution >= 0.6 is 0 Å². The molecule has 2 aromatic rings. The van der Waals surface area contributed by atoms with E-state index in [0.29, 0.717) is 11.6 Å². The lowest BCUT2D eigenvalue weighted by molar-refractivity contribution is 0.438. The Morgan fingerprint density at radius 1 is 1.13 bits per heavy atom. The molecule has 76 valence electrons. The Balaban J connectivity index is 2.18. The van der Waals surface area contributed by atoms with E-state index >= 15 is 0 Å². The number of nitrogens with two attached hydrogens (primary N) is 1.